The van der Waals surface area contributed by atoms with E-state index in [0.29, 0.717) is 24.3 Å². The molecule has 3 unspecified atom stereocenters. The molecule has 1 amide bonds. The average molecular weight is 447 g/mol. The van der Waals surface area contributed by atoms with Crippen molar-refractivity contribution in [3.8, 4) is 0 Å². The smallest absolute Gasteiger partial charge is 0.259 e. The van der Waals surface area contributed by atoms with Gasteiger partial charge in [-0.1, -0.05) is 79.9 Å². The normalized spacial score (nSPS) is 27.0. The van der Waals surface area contributed by atoms with Crippen molar-refractivity contribution in [3.63, 3.8) is 0 Å². The van der Waals surface area contributed by atoms with Crippen molar-refractivity contribution < 1.29 is 9.90 Å². The van der Waals surface area contributed by atoms with Crippen LogP contribution >= 0.6 is 0 Å². The van der Waals surface area contributed by atoms with Gasteiger partial charge in [-0.25, -0.2) is 0 Å². The Hall–Kier alpha value is -2.17. The van der Waals surface area contributed by atoms with Gasteiger partial charge in [-0.3, -0.25) is 9.69 Å². The van der Waals surface area contributed by atoms with Gasteiger partial charge in [0.15, 0.2) is 5.60 Å². The average Bonchev–Trinajstić information content (AvgIpc) is 3.31. The molecule has 0 aromatic heterocycles. The summed E-state index contributed by atoms with van der Waals surface area (Å²) in [6.45, 7) is 6.77. The molecule has 5 rings (SSSR count). The molecule has 0 bridgehead atoms. The van der Waals surface area contributed by atoms with E-state index < -0.39 is 5.60 Å². The molecule has 33 heavy (non-hydrogen) atoms. The zero-order valence-corrected chi connectivity index (χ0v) is 19.9. The fourth-order valence-corrected chi connectivity index (χ4v) is 6.58. The summed E-state index contributed by atoms with van der Waals surface area (Å²) in [4.78, 5) is 18.5. The molecule has 3 fully saturated rings. The molecule has 1 saturated heterocycles. The Morgan fingerprint density at radius 1 is 0.970 bits per heavy atom. The zero-order chi connectivity index (χ0) is 22.8. The van der Waals surface area contributed by atoms with E-state index in [2.05, 4.69) is 42.2 Å². The summed E-state index contributed by atoms with van der Waals surface area (Å²) in [5.74, 6) is 1.89. The van der Waals surface area contributed by atoms with Crippen molar-refractivity contribution in [2.45, 2.75) is 51.2 Å². The summed E-state index contributed by atoms with van der Waals surface area (Å²) in [6, 6.07) is 20.4. The second-order valence-corrected chi connectivity index (χ2v) is 10.5. The summed E-state index contributed by atoms with van der Waals surface area (Å²) >= 11 is 0. The lowest BCUT2D eigenvalue weighted by Crippen LogP contribution is -2.52. The number of fused-ring (bicyclic) bond motifs is 1. The standard InChI is InChI=1S/C29H38N2O2/c1-2-31(21-27-25-19-30(20-26(25)27)18-22-12-6-3-7-13-22)28(32)29(33,23-14-8-4-9-15-23)24-16-10-5-11-17-24/h3-4,6-9,12-15,24-27,33H,2,5,10-11,16-21H2,1H3. The Kier molecular flexibility index (Phi) is 6.58. The summed E-state index contributed by atoms with van der Waals surface area (Å²) in [5.41, 5.74) is 0.743. The monoisotopic (exact) mass is 446 g/mol. The van der Waals surface area contributed by atoms with Crippen LogP contribution < -0.4 is 0 Å². The van der Waals surface area contributed by atoms with Crippen molar-refractivity contribution in [1.29, 1.82) is 0 Å². The Balaban J connectivity index is 1.25. The van der Waals surface area contributed by atoms with Gasteiger partial charge in [0.1, 0.15) is 0 Å². The first-order valence-electron chi connectivity index (χ1n) is 12.9. The van der Waals surface area contributed by atoms with E-state index in [9.17, 15) is 9.90 Å². The molecular formula is C29H38N2O2. The lowest BCUT2D eigenvalue weighted by molar-refractivity contribution is -0.161. The number of likely N-dealkylation sites (tertiary alicyclic amines) is 1. The van der Waals surface area contributed by atoms with Gasteiger partial charge in [0, 0.05) is 38.6 Å². The summed E-state index contributed by atoms with van der Waals surface area (Å²) in [5, 5.41) is 12.0. The van der Waals surface area contributed by atoms with E-state index in [1.807, 2.05) is 35.2 Å². The molecule has 0 spiro atoms. The van der Waals surface area contributed by atoms with Crippen molar-refractivity contribution in [2.75, 3.05) is 26.2 Å². The number of hydrogen-bond donors (Lipinski definition) is 1. The van der Waals surface area contributed by atoms with Crippen LogP contribution in [0.25, 0.3) is 0 Å². The second kappa shape index (κ2) is 9.60. The van der Waals surface area contributed by atoms with Crippen molar-refractivity contribution >= 4 is 5.91 Å². The first-order valence-corrected chi connectivity index (χ1v) is 12.9. The maximum Gasteiger partial charge on any atom is 0.259 e. The van der Waals surface area contributed by atoms with Gasteiger partial charge < -0.3 is 10.0 Å². The molecule has 2 aromatic rings. The van der Waals surface area contributed by atoms with E-state index in [1.165, 1.54) is 12.0 Å². The minimum absolute atomic E-state index is 0.00951. The van der Waals surface area contributed by atoms with Crippen molar-refractivity contribution in [2.24, 2.45) is 23.7 Å². The summed E-state index contributed by atoms with van der Waals surface area (Å²) in [7, 11) is 0. The Bertz CT molecular complexity index is 915. The van der Waals surface area contributed by atoms with Gasteiger partial charge in [-0.2, -0.15) is 0 Å². The van der Waals surface area contributed by atoms with E-state index >= 15 is 0 Å². The van der Waals surface area contributed by atoms with Crippen LogP contribution in [0.2, 0.25) is 0 Å². The van der Waals surface area contributed by atoms with Gasteiger partial charge in [-0.15, -0.1) is 0 Å². The lowest BCUT2D eigenvalue weighted by Gasteiger charge is -2.41. The molecule has 2 aromatic carbocycles. The fraction of sp³-hybridized carbons (Fsp3) is 0.552. The first-order chi connectivity index (χ1) is 16.1. The minimum atomic E-state index is -1.40. The van der Waals surface area contributed by atoms with E-state index in [0.717, 1.165) is 57.4 Å². The van der Waals surface area contributed by atoms with Gasteiger partial charge in [0.05, 0.1) is 0 Å². The zero-order valence-electron chi connectivity index (χ0n) is 19.9. The van der Waals surface area contributed by atoms with Crippen LogP contribution in [0.15, 0.2) is 60.7 Å². The fourth-order valence-electron chi connectivity index (χ4n) is 6.58. The van der Waals surface area contributed by atoms with Crippen LogP contribution in [0.4, 0.5) is 0 Å². The molecule has 1 N–H and O–H groups in total. The van der Waals surface area contributed by atoms with Crippen LogP contribution in [0.5, 0.6) is 0 Å². The third-order valence-electron chi connectivity index (χ3n) is 8.53. The molecule has 2 aliphatic carbocycles. The Morgan fingerprint density at radius 2 is 1.58 bits per heavy atom. The molecule has 4 heteroatoms. The number of rotatable bonds is 8. The molecule has 1 aliphatic heterocycles. The highest BCUT2D eigenvalue weighted by molar-refractivity contribution is 5.87. The maximum absolute atomic E-state index is 13.9. The minimum Gasteiger partial charge on any atom is -0.375 e. The molecule has 4 nitrogen and oxygen atoms in total. The SMILES string of the molecule is CCN(CC1C2CN(Cc3ccccc3)CC21)C(=O)C(O)(c1ccccc1)C1CCCCC1. The predicted octanol–water partition coefficient (Wildman–Crippen LogP) is 4.68. The molecule has 0 radical (unpaired) electrons. The highest BCUT2D eigenvalue weighted by atomic mass is 16.3. The van der Waals surface area contributed by atoms with Crippen LogP contribution in [0.3, 0.4) is 0 Å². The number of hydrogen-bond acceptors (Lipinski definition) is 3. The molecule has 3 atom stereocenters. The maximum atomic E-state index is 13.9. The molecular weight excluding hydrogens is 408 g/mol. The number of likely N-dealkylation sites (N-methyl/N-ethyl adjacent to an activating group) is 1. The highest BCUT2D eigenvalue weighted by Crippen LogP contribution is 2.52. The highest BCUT2D eigenvalue weighted by Gasteiger charge is 2.57. The van der Waals surface area contributed by atoms with Crippen molar-refractivity contribution in [3.05, 3.63) is 71.8 Å². The van der Waals surface area contributed by atoms with E-state index in [-0.39, 0.29) is 11.8 Å². The quantitative estimate of drug-likeness (QED) is 0.640. The van der Waals surface area contributed by atoms with Gasteiger partial charge in [0.2, 0.25) is 0 Å². The van der Waals surface area contributed by atoms with Crippen LogP contribution in [0.1, 0.15) is 50.2 Å². The number of carbonyl (C=O) groups excluding carboxylic acids is 1. The number of piperidine rings is 1. The topological polar surface area (TPSA) is 43.8 Å². The number of amides is 1. The lowest BCUT2D eigenvalue weighted by atomic mass is 9.72. The number of benzene rings is 2. The van der Waals surface area contributed by atoms with E-state index in [1.54, 1.807) is 0 Å². The largest absolute Gasteiger partial charge is 0.375 e. The van der Waals surface area contributed by atoms with Crippen LogP contribution in [-0.2, 0) is 16.9 Å². The number of carbonyl (C=O) groups is 1. The second-order valence-electron chi connectivity index (χ2n) is 10.5. The molecule has 176 valence electrons. The molecule has 3 aliphatic rings. The third kappa shape index (κ3) is 4.48. The third-order valence-corrected chi connectivity index (χ3v) is 8.53. The first kappa shape index (κ1) is 22.6. The molecule has 2 saturated carbocycles. The van der Waals surface area contributed by atoms with Crippen molar-refractivity contribution in [1.82, 2.24) is 9.80 Å². The van der Waals surface area contributed by atoms with Gasteiger partial charge in [-0.05, 0) is 48.6 Å². The van der Waals surface area contributed by atoms with E-state index in [4.69, 9.17) is 0 Å². The Labute approximate surface area is 198 Å². The van der Waals surface area contributed by atoms with Crippen LogP contribution in [0, 0.1) is 23.7 Å². The summed E-state index contributed by atoms with van der Waals surface area (Å²) < 4.78 is 0. The Morgan fingerprint density at radius 3 is 2.18 bits per heavy atom. The predicted molar refractivity (Wildman–Crippen MR) is 131 cm³/mol. The number of aliphatic hydroxyl groups is 1. The van der Waals surface area contributed by atoms with Gasteiger partial charge >= 0.3 is 0 Å². The number of nitrogens with zero attached hydrogens (tertiary/aromatic N) is 2. The summed E-state index contributed by atoms with van der Waals surface area (Å²) in [6.07, 6.45) is 5.26. The molecule has 1 heterocycles. The van der Waals surface area contributed by atoms with Gasteiger partial charge in [0.25, 0.3) is 5.91 Å². The van der Waals surface area contributed by atoms with Crippen LogP contribution in [-0.4, -0.2) is 47.0 Å².